The molecule has 98 valence electrons. The summed E-state index contributed by atoms with van der Waals surface area (Å²) < 4.78 is 0. The summed E-state index contributed by atoms with van der Waals surface area (Å²) in [4.78, 5) is 11.0. The van der Waals surface area contributed by atoms with Gasteiger partial charge >= 0.3 is 5.97 Å². The van der Waals surface area contributed by atoms with Gasteiger partial charge in [0.25, 0.3) is 0 Å². The number of rotatable bonds is 3. The van der Waals surface area contributed by atoms with Crippen LogP contribution in [-0.4, -0.2) is 11.1 Å². The topological polar surface area (TPSA) is 75.3 Å². The van der Waals surface area contributed by atoms with E-state index in [1.807, 2.05) is 19.1 Å². The lowest BCUT2D eigenvalue weighted by Gasteiger charge is -2.12. The van der Waals surface area contributed by atoms with Crippen LogP contribution < -0.4 is 11.1 Å². The Hall–Kier alpha value is -2.20. The molecule has 0 atom stereocenters. The molecule has 4 N–H and O–H groups in total. The van der Waals surface area contributed by atoms with Crippen LogP contribution in [0.1, 0.15) is 15.9 Å². The Morgan fingerprint density at radius 2 is 2.05 bits per heavy atom. The number of carboxylic acids is 1. The Morgan fingerprint density at radius 1 is 1.32 bits per heavy atom. The van der Waals surface area contributed by atoms with Gasteiger partial charge in [0, 0.05) is 11.4 Å². The van der Waals surface area contributed by atoms with Crippen LogP contribution in [0.15, 0.2) is 36.4 Å². The van der Waals surface area contributed by atoms with Gasteiger partial charge in [0.2, 0.25) is 0 Å². The Bertz CT molecular complexity index is 621. The minimum absolute atomic E-state index is 0.0645. The molecule has 0 bridgehead atoms. The molecule has 0 spiro atoms. The number of nitrogens with one attached hydrogen (secondary N) is 1. The Labute approximate surface area is 115 Å². The van der Waals surface area contributed by atoms with Gasteiger partial charge in [-0.1, -0.05) is 23.7 Å². The number of aryl methyl sites for hydroxylation is 1. The molecular weight excluding hydrogens is 264 g/mol. The van der Waals surface area contributed by atoms with E-state index in [0.717, 1.165) is 11.3 Å². The fraction of sp³-hybridized carbons (Fsp3) is 0.0714. The van der Waals surface area contributed by atoms with Gasteiger partial charge in [-0.25, -0.2) is 4.79 Å². The maximum absolute atomic E-state index is 11.0. The molecule has 2 aromatic rings. The fourth-order valence-electron chi connectivity index (χ4n) is 1.75. The first-order valence-electron chi connectivity index (χ1n) is 5.64. The number of anilines is 3. The predicted octanol–water partition coefficient (Wildman–Crippen LogP) is 3.67. The molecule has 0 aliphatic heterocycles. The van der Waals surface area contributed by atoms with Crippen LogP contribution >= 0.6 is 11.6 Å². The van der Waals surface area contributed by atoms with Crippen LogP contribution in [0.4, 0.5) is 17.1 Å². The molecular formula is C14H13ClN2O2. The number of carbonyl (C=O) groups is 1. The van der Waals surface area contributed by atoms with Crippen LogP contribution in [0.3, 0.4) is 0 Å². The maximum Gasteiger partial charge on any atom is 0.337 e. The van der Waals surface area contributed by atoms with E-state index in [9.17, 15) is 4.79 Å². The monoisotopic (exact) mass is 276 g/mol. The second kappa shape index (κ2) is 5.20. The van der Waals surface area contributed by atoms with Crippen molar-refractivity contribution in [2.75, 3.05) is 11.1 Å². The molecule has 0 amide bonds. The maximum atomic E-state index is 11.0. The van der Waals surface area contributed by atoms with Gasteiger partial charge in [0.05, 0.1) is 16.3 Å². The summed E-state index contributed by atoms with van der Waals surface area (Å²) >= 11 is 6.11. The largest absolute Gasteiger partial charge is 0.478 e. The summed E-state index contributed by atoms with van der Waals surface area (Å²) in [5, 5.41) is 12.7. The predicted molar refractivity (Wildman–Crippen MR) is 77.3 cm³/mol. The van der Waals surface area contributed by atoms with Gasteiger partial charge < -0.3 is 16.2 Å². The summed E-state index contributed by atoms with van der Waals surface area (Å²) in [7, 11) is 0. The second-order valence-electron chi connectivity index (χ2n) is 4.16. The lowest BCUT2D eigenvalue weighted by atomic mass is 10.1. The molecule has 0 aromatic heterocycles. The average molecular weight is 277 g/mol. The number of halogens is 1. The lowest BCUT2D eigenvalue weighted by Crippen LogP contribution is -2.03. The smallest absolute Gasteiger partial charge is 0.337 e. The summed E-state index contributed by atoms with van der Waals surface area (Å²) in [5.74, 6) is -1.06. The number of aromatic carboxylic acids is 1. The van der Waals surface area contributed by atoms with Gasteiger partial charge in [0.1, 0.15) is 0 Å². The summed E-state index contributed by atoms with van der Waals surface area (Å²) in [5.41, 5.74) is 8.26. The van der Waals surface area contributed by atoms with Crippen molar-refractivity contribution in [3.05, 3.63) is 52.5 Å². The van der Waals surface area contributed by atoms with Crippen molar-refractivity contribution >= 4 is 34.6 Å². The van der Waals surface area contributed by atoms with Crippen molar-refractivity contribution in [2.24, 2.45) is 0 Å². The highest BCUT2D eigenvalue weighted by molar-refractivity contribution is 6.33. The Kier molecular flexibility index (Phi) is 3.62. The average Bonchev–Trinajstić information content (AvgIpc) is 2.35. The Balaban J connectivity index is 2.39. The highest BCUT2D eigenvalue weighted by Gasteiger charge is 2.10. The molecule has 2 rings (SSSR count). The van der Waals surface area contributed by atoms with E-state index in [4.69, 9.17) is 22.4 Å². The summed E-state index contributed by atoms with van der Waals surface area (Å²) in [6, 6.07) is 10.3. The van der Waals surface area contributed by atoms with E-state index in [1.54, 1.807) is 18.2 Å². The number of para-hydroxylation sites is 1. The molecule has 5 heteroatoms. The number of benzene rings is 2. The third kappa shape index (κ3) is 2.80. The van der Waals surface area contributed by atoms with Gasteiger partial charge in [0.15, 0.2) is 0 Å². The quantitative estimate of drug-likeness (QED) is 0.748. The fourth-order valence-corrected chi connectivity index (χ4v) is 2.02. The van der Waals surface area contributed by atoms with Crippen LogP contribution in [0.25, 0.3) is 0 Å². The Morgan fingerprint density at radius 3 is 2.68 bits per heavy atom. The zero-order valence-corrected chi connectivity index (χ0v) is 11.0. The highest BCUT2D eigenvalue weighted by atomic mass is 35.5. The molecule has 0 saturated carbocycles. The first-order chi connectivity index (χ1) is 8.99. The number of nitrogens with two attached hydrogens (primary N) is 1. The number of hydrogen-bond donors (Lipinski definition) is 3. The van der Waals surface area contributed by atoms with Crippen molar-refractivity contribution < 1.29 is 9.90 Å². The van der Waals surface area contributed by atoms with Crippen LogP contribution in [-0.2, 0) is 0 Å². The molecule has 19 heavy (non-hydrogen) atoms. The normalized spacial score (nSPS) is 10.2. The van der Waals surface area contributed by atoms with Gasteiger partial charge in [-0.15, -0.1) is 0 Å². The number of nitrogen functional groups attached to an aromatic ring is 1. The van der Waals surface area contributed by atoms with E-state index >= 15 is 0 Å². The number of carboxylic acid groups (broad SMARTS) is 1. The van der Waals surface area contributed by atoms with Crippen molar-refractivity contribution in [3.8, 4) is 0 Å². The molecule has 0 aliphatic rings. The third-order valence-electron chi connectivity index (χ3n) is 2.77. The molecule has 2 aromatic carbocycles. The minimum atomic E-state index is -1.06. The van der Waals surface area contributed by atoms with Crippen LogP contribution in [0.2, 0.25) is 5.02 Å². The van der Waals surface area contributed by atoms with Crippen LogP contribution in [0, 0.1) is 6.92 Å². The van der Waals surface area contributed by atoms with E-state index < -0.39 is 5.97 Å². The molecule has 0 unspecified atom stereocenters. The molecule has 0 heterocycles. The number of hydrogen-bond acceptors (Lipinski definition) is 3. The zero-order valence-electron chi connectivity index (χ0n) is 10.3. The summed E-state index contributed by atoms with van der Waals surface area (Å²) in [6.07, 6.45) is 0. The van der Waals surface area contributed by atoms with Gasteiger partial charge in [-0.05, 0) is 36.8 Å². The first-order valence-corrected chi connectivity index (χ1v) is 6.02. The standard InChI is InChI=1S/C14H13ClN2O2/c1-8-3-2-4-11(15)13(8)17-9-5-6-12(16)10(7-9)14(18)19/h2-7,17H,16H2,1H3,(H,18,19). The SMILES string of the molecule is Cc1cccc(Cl)c1Nc1ccc(N)c(C(=O)O)c1. The van der Waals surface area contributed by atoms with Crippen LogP contribution in [0.5, 0.6) is 0 Å². The van der Waals surface area contributed by atoms with Crippen molar-refractivity contribution in [1.29, 1.82) is 0 Å². The van der Waals surface area contributed by atoms with Gasteiger partial charge in [-0.3, -0.25) is 0 Å². The first kappa shape index (κ1) is 13.2. The molecule has 0 aliphatic carbocycles. The highest BCUT2D eigenvalue weighted by Crippen LogP contribution is 2.29. The molecule has 0 fully saturated rings. The molecule has 0 saturated heterocycles. The molecule has 0 radical (unpaired) electrons. The third-order valence-corrected chi connectivity index (χ3v) is 3.09. The van der Waals surface area contributed by atoms with Crippen molar-refractivity contribution in [2.45, 2.75) is 6.92 Å². The zero-order chi connectivity index (χ0) is 14.0. The van der Waals surface area contributed by atoms with E-state index in [1.165, 1.54) is 6.07 Å². The summed E-state index contributed by atoms with van der Waals surface area (Å²) in [6.45, 7) is 1.92. The minimum Gasteiger partial charge on any atom is -0.478 e. The van der Waals surface area contributed by atoms with Crippen molar-refractivity contribution in [3.63, 3.8) is 0 Å². The van der Waals surface area contributed by atoms with E-state index in [0.29, 0.717) is 10.7 Å². The lowest BCUT2D eigenvalue weighted by molar-refractivity contribution is 0.0698. The molecule has 4 nitrogen and oxygen atoms in total. The van der Waals surface area contributed by atoms with Gasteiger partial charge in [-0.2, -0.15) is 0 Å². The van der Waals surface area contributed by atoms with Crippen molar-refractivity contribution in [1.82, 2.24) is 0 Å². The second-order valence-corrected chi connectivity index (χ2v) is 4.57. The van der Waals surface area contributed by atoms with E-state index in [2.05, 4.69) is 5.32 Å². The van der Waals surface area contributed by atoms with E-state index in [-0.39, 0.29) is 11.3 Å².